The van der Waals surface area contributed by atoms with Gasteiger partial charge in [0.1, 0.15) is 6.04 Å². The van der Waals surface area contributed by atoms with Gasteiger partial charge in [-0.1, -0.05) is 12.1 Å². The Morgan fingerprint density at radius 3 is 2.33 bits per heavy atom. The summed E-state index contributed by atoms with van der Waals surface area (Å²) in [7, 11) is 0. The van der Waals surface area contributed by atoms with Crippen molar-refractivity contribution in [1.29, 1.82) is 0 Å². The van der Waals surface area contributed by atoms with Crippen LogP contribution < -0.4 is 5.73 Å². The van der Waals surface area contributed by atoms with Crippen LogP contribution in [0.1, 0.15) is 11.6 Å². The third-order valence-electron chi connectivity index (χ3n) is 1.52. The van der Waals surface area contributed by atoms with E-state index in [0.29, 0.717) is 5.56 Å². The number of carbonyl (C=O) groups is 1. The Bertz CT molecular complexity index is 284. The maximum absolute atomic E-state index is 10.4. The molecule has 1 aromatic carbocycles. The van der Waals surface area contributed by atoms with Gasteiger partial charge in [-0.15, -0.1) is 12.6 Å². The van der Waals surface area contributed by atoms with Gasteiger partial charge in [0, 0.05) is 4.90 Å². The van der Waals surface area contributed by atoms with Gasteiger partial charge < -0.3 is 10.8 Å². The molecule has 0 aromatic heterocycles. The first kappa shape index (κ1) is 9.09. The first-order valence-electron chi connectivity index (χ1n) is 3.38. The molecular formula is C8H9NO2S. The molecule has 0 fully saturated rings. The number of hydrogen-bond acceptors (Lipinski definition) is 3. The molecular weight excluding hydrogens is 174 g/mol. The Labute approximate surface area is 75.6 Å². The maximum Gasteiger partial charge on any atom is 0.325 e. The molecule has 0 amide bonds. The molecule has 0 bridgehead atoms. The number of carboxylic acid groups (broad SMARTS) is 1. The minimum absolute atomic E-state index is 0.584. The summed E-state index contributed by atoms with van der Waals surface area (Å²) in [4.78, 5) is 11.2. The van der Waals surface area contributed by atoms with E-state index in [1.807, 2.05) is 0 Å². The van der Waals surface area contributed by atoms with Gasteiger partial charge in [0.25, 0.3) is 0 Å². The Morgan fingerprint density at radius 2 is 1.92 bits per heavy atom. The average Bonchev–Trinajstić information content (AvgIpc) is 2.04. The van der Waals surface area contributed by atoms with Crippen LogP contribution in [0, 0.1) is 0 Å². The molecule has 0 unspecified atom stereocenters. The van der Waals surface area contributed by atoms with Crippen LogP contribution in [-0.2, 0) is 4.79 Å². The molecule has 3 N–H and O–H groups in total. The van der Waals surface area contributed by atoms with E-state index in [1.54, 1.807) is 24.3 Å². The predicted octanol–water partition coefficient (Wildman–Crippen LogP) is 1.06. The highest BCUT2D eigenvalue weighted by Crippen LogP contribution is 2.13. The van der Waals surface area contributed by atoms with Crippen LogP contribution in [-0.4, -0.2) is 11.1 Å². The number of hydrogen-bond donors (Lipinski definition) is 3. The summed E-state index contributed by atoms with van der Waals surface area (Å²) in [6.07, 6.45) is 0. The van der Waals surface area contributed by atoms with Crippen LogP contribution in [0.2, 0.25) is 0 Å². The quantitative estimate of drug-likeness (QED) is 0.601. The zero-order chi connectivity index (χ0) is 9.14. The van der Waals surface area contributed by atoms with Crippen LogP contribution in [0.25, 0.3) is 0 Å². The second-order valence-corrected chi connectivity index (χ2v) is 2.92. The van der Waals surface area contributed by atoms with E-state index in [2.05, 4.69) is 12.6 Å². The summed E-state index contributed by atoms with van der Waals surface area (Å²) < 4.78 is 0. The molecule has 1 aromatic rings. The molecule has 0 saturated carbocycles. The van der Waals surface area contributed by atoms with Crippen LogP contribution in [0.5, 0.6) is 0 Å². The number of thiol groups is 1. The lowest BCUT2D eigenvalue weighted by Gasteiger charge is -2.05. The summed E-state index contributed by atoms with van der Waals surface area (Å²) in [5, 5.41) is 8.56. The fourth-order valence-electron chi connectivity index (χ4n) is 0.824. The molecule has 1 rings (SSSR count). The van der Waals surface area contributed by atoms with Crippen LogP contribution in [0.4, 0.5) is 0 Å². The Hall–Kier alpha value is -1.00. The molecule has 12 heavy (non-hydrogen) atoms. The van der Waals surface area contributed by atoms with Gasteiger partial charge in [-0.05, 0) is 17.7 Å². The van der Waals surface area contributed by atoms with E-state index < -0.39 is 12.0 Å². The van der Waals surface area contributed by atoms with Gasteiger partial charge in [0.15, 0.2) is 0 Å². The van der Waals surface area contributed by atoms with Crippen molar-refractivity contribution in [2.45, 2.75) is 10.9 Å². The number of aliphatic carboxylic acids is 1. The minimum atomic E-state index is -1.03. The van der Waals surface area contributed by atoms with Crippen molar-refractivity contribution < 1.29 is 9.90 Å². The first-order chi connectivity index (χ1) is 5.61. The van der Waals surface area contributed by atoms with Crippen molar-refractivity contribution >= 4 is 18.6 Å². The maximum atomic E-state index is 10.4. The largest absolute Gasteiger partial charge is 0.480 e. The molecule has 64 valence electrons. The van der Waals surface area contributed by atoms with Crippen LogP contribution in [0.3, 0.4) is 0 Å². The van der Waals surface area contributed by atoms with E-state index in [-0.39, 0.29) is 0 Å². The fourth-order valence-corrected chi connectivity index (χ4v) is 0.973. The highest BCUT2D eigenvalue weighted by Gasteiger charge is 2.12. The molecule has 0 heterocycles. The lowest BCUT2D eigenvalue weighted by atomic mass is 10.1. The summed E-state index contributed by atoms with van der Waals surface area (Å²) in [5.41, 5.74) is 5.95. The standard InChI is InChI=1S/C8H9NO2S/c9-7(8(10)11)5-1-3-6(12)4-2-5/h1-4,7,12H,9H2,(H,10,11)/t7-/m0/s1. The predicted molar refractivity (Wildman–Crippen MR) is 48.3 cm³/mol. The third-order valence-corrected chi connectivity index (χ3v) is 1.82. The monoisotopic (exact) mass is 183 g/mol. The second kappa shape index (κ2) is 3.60. The summed E-state index contributed by atoms with van der Waals surface area (Å²) in [6.45, 7) is 0. The first-order valence-corrected chi connectivity index (χ1v) is 3.83. The Balaban J connectivity index is 2.89. The SMILES string of the molecule is N[C@H](C(=O)O)c1ccc(S)cc1. The molecule has 4 heteroatoms. The van der Waals surface area contributed by atoms with Crippen molar-refractivity contribution in [2.24, 2.45) is 5.73 Å². The van der Waals surface area contributed by atoms with E-state index >= 15 is 0 Å². The van der Waals surface area contributed by atoms with Crippen LogP contribution in [0.15, 0.2) is 29.2 Å². The lowest BCUT2D eigenvalue weighted by Crippen LogP contribution is -2.20. The number of benzene rings is 1. The highest BCUT2D eigenvalue weighted by atomic mass is 32.1. The van der Waals surface area contributed by atoms with E-state index in [1.165, 1.54) is 0 Å². The molecule has 0 aliphatic heterocycles. The molecule has 0 spiro atoms. The average molecular weight is 183 g/mol. The second-order valence-electron chi connectivity index (χ2n) is 2.41. The van der Waals surface area contributed by atoms with Gasteiger partial charge in [-0.3, -0.25) is 4.79 Å². The Kier molecular flexibility index (Phi) is 2.73. The van der Waals surface area contributed by atoms with Crippen molar-refractivity contribution in [2.75, 3.05) is 0 Å². The van der Waals surface area contributed by atoms with Gasteiger partial charge in [-0.25, -0.2) is 0 Å². The number of nitrogens with two attached hydrogens (primary N) is 1. The van der Waals surface area contributed by atoms with E-state index in [9.17, 15) is 4.79 Å². The number of carboxylic acids is 1. The van der Waals surface area contributed by atoms with Crippen molar-refractivity contribution in [3.8, 4) is 0 Å². The minimum Gasteiger partial charge on any atom is -0.480 e. The molecule has 0 aliphatic rings. The summed E-state index contributed by atoms with van der Waals surface area (Å²) >= 11 is 4.06. The van der Waals surface area contributed by atoms with Crippen molar-refractivity contribution in [3.63, 3.8) is 0 Å². The molecule has 0 saturated heterocycles. The van der Waals surface area contributed by atoms with Gasteiger partial charge in [0.05, 0.1) is 0 Å². The van der Waals surface area contributed by atoms with E-state index in [4.69, 9.17) is 10.8 Å². The molecule has 1 atom stereocenters. The zero-order valence-electron chi connectivity index (χ0n) is 6.27. The Morgan fingerprint density at radius 1 is 1.42 bits per heavy atom. The topological polar surface area (TPSA) is 63.3 Å². The van der Waals surface area contributed by atoms with Gasteiger partial charge in [0.2, 0.25) is 0 Å². The normalized spacial score (nSPS) is 12.5. The fraction of sp³-hybridized carbons (Fsp3) is 0.125. The van der Waals surface area contributed by atoms with Crippen LogP contribution >= 0.6 is 12.6 Å². The molecule has 0 radical (unpaired) electrons. The smallest absolute Gasteiger partial charge is 0.325 e. The van der Waals surface area contributed by atoms with Crippen molar-refractivity contribution in [1.82, 2.24) is 0 Å². The highest BCUT2D eigenvalue weighted by molar-refractivity contribution is 7.80. The van der Waals surface area contributed by atoms with Crippen molar-refractivity contribution in [3.05, 3.63) is 29.8 Å². The van der Waals surface area contributed by atoms with Gasteiger partial charge in [-0.2, -0.15) is 0 Å². The summed E-state index contributed by atoms with van der Waals surface area (Å²) in [6, 6.07) is 5.78. The molecule has 3 nitrogen and oxygen atoms in total. The van der Waals surface area contributed by atoms with E-state index in [0.717, 1.165) is 4.90 Å². The summed E-state index contributed by atoms with van der Waals surface area (Å²) in [5.74, 6) is -1.03. The third kappa shape index (κ3) is 1.99. The van der Waals surface area contributed by atoms with Gasteiger partial charge >= 0.3 is 5.97 Å². The molecule has 0 aliphatic carbocycles. The zero-order valence-corrected chi connectivity index (χ0v) is 7.16. The lowest BCUT2D eigenvalue weighted by molar-refractivity contribution is -0.138. The number of rotatable bonds is 2.